The van der Waals surface area contributed by atoms with E-state index in [1.54, 1.807) is 12.1 Å². The lowest BCUT2D eigenvalue weighted by molar-refractivity contribution is 0.0504. The first kappa shape index (κ1) is 10.3. The van der Waals surface area contributed by atoms with E-state index < -0.39 is 5.97 Å². The van der Waals surface area contributed by atoms with Crippen molar-refractivity contribution in [3.63, 3.8) is 0 Å². The summed E-state index contributed by atoms with van der Waals surface area (Å²) < 4.78 is 0.688. The van der Waals surface area contributed by atoms with Crippen LogP contribution in [0.1, 0.15) is 15.9 Å². The molecule has 4 nitrogen and oxygen atoms in total. The van der Waals surface area contributed by atoms with Crippen molar-refractivity contribution in [3.05, 3.63) is 29.3 Å². The maximum absolute atomic E-state index is 11.2. The van der Waals surface area contributed by atoms with E-state index >= 15 is 0 Å². The Labute approximate surface area is 89.3 Å². The molecule has 70 valence electrons. The third kappa shape index (κ3) is 2.10. The van der Waals surface area contributed by atoms with E-state index in [0.717, 1.165) is 5.56 Å². The molecule has 0 atom stereocenters. The molecule has 0 aliphatic carbocycles. The summed E-state index contributed by atoms with van der Waals surface area (Å²) in [6.07, 6.45) is 0. The van der Waals surface area contributed by atoms with Gasteiger partial charge < -0.3 is 10.6 Å². The fourth-order valence-corrected chi connectivity index (χ4v) is 1.67. The molecule has 1 aromatic rings. The van der Waals surface area contributed by atoms with Crippen LogP contribution < -0.4 is 11.6 Å². The van der Waals surface area contributed by atoms with Crippen LogP contribution >= 0.6 is 22.6 Å². The highest BCUT2D eigenvalue weighted by atomic mass is 127. The molecule has 1 rings (SSSR count). The lowest BCUT2D eigenvalue weighted by Gasteiger charge is -2.06. The summed E-state index contributed by atoms with van der Waals surface area (Å²) in [7, 11) is 0. The predicted molar refractivity (Wildman–Crippen MR) is 58.2 cm³/mol. The van der Waals surface area contributed by atoms with Crippen LogP contribution in [-0.2, 0) is 9.27 Å². The first-order chi connectivity index (χ1) is 6.20. The Hall–Kier alpha value is -0.820. The molecule has 0 radical (unpaired) electrons. The number of alkyl halides is 1. The summed E-state index contributed by atoms with van der Waals surface area (Å²) in [6.45, 7) is 0. The second kappa shape index (κ2) is 4.43. The zero-order valence-electron chi connectivity index (χ0n) is 6.79. The van der Waals surface area contributed by atoms with E-state index in [-0.39, 0.29) is 0 Å². The van der Waals surface area contributed by atoms with Gasteiger partial charge in [0.1, 0.15) is 0 Å². The lowest BCUT2D eigenvalue weighted by atomic mass is 10.1. The third-order valence-corrected chi connectivity index (χ3v) is 2.46. The van der Waals surface area contributed by atoms with Crippen molar-refractivity contribution >= 4 is 34.2 Å². The number of nitrogens with two attached hydrogens (primary N) is 2. The van der Waals surface area contributed by atoms with Gasteiger partial charge in [0, 0.05) is 10.1 Å². The molecule has 0 bridgehead atoms. The molecule has 0 unspecified atom stereocenters. The van der Waals surface area contributed by atoms with E-state index in [1.165, 1.54) is 0 Å². The van der Waals surface area contributed by atoms with Gasteiger partial charge in [0.2, 0.25) is 0 Å². The van der Waals surface area contributed by atoms with E-state index in [0.29, 0.717) is 15.7 Å². The van der Waals surface area contributed by atoms with Crippen LogP contribution in [0.5, 0.6) is 0 Å². The summed E-state index contributed by atoms with van der Waals surface area (Å²) in [5.74, 6) is 4.20. The minimum atomic E-state index is -0.593. The van der Waals surface area contributed by atoms with Gasteiger partial charge in [0.25, 0.3) is 0 Å². The largest absolute Gasteiger partial charge is 0.398 e. The molecule has 0 aromatic heterocycles. The molecule has 0 saturated heterocycles. The Morgan fingerprint density at radius 3 is 2.77 bits per heavy atom. The van der Waals surface area contributed by atoms with Crippen LogP contribution in [0, 0.1) is 0 Å². The fourth-order valence-electron chi connectivity index (χ4n) is 1.04. The van der Waals surface area contributed by atoms with Gasteiger partial charge in [-0.15, -0.1) is 0 Å². The maximum Gasteiger partial charge on any atom is 0.359 e. The van der Waals surface area contributed by atoms with Gasteiger partial charge in [-0.05, 0) is 11.6 Å². The van der Waals surface area contributed by atoms with Crippen molar-refractivity contribution in [2.45, 2.75) is 4.43 Å². The molecule has 0 aliphatic heterocycles. The standard InChI is InChI=1S/C8H9IN2O2/c9-4-5-2-1-3-6(10)7(5)8(12)13-11/h1-3H,4,10-11H2. The van der Waals surface area contributed by atoms with Gasteiger partial charge in [-0.3, -0.25) is 0 Å². The zero-order chi connectivity index (χ0) is 9.84. The quantitative estimate of drug-likeness (QED) is 0.372. The molecule has 1 aromatic carbocycles. The maximum atomic E-state index is 11.2. The van der Waals surface area contributed by atoms with Crippen molar-refractivity contribution in [2.75, 3.05) is 5.73 Å². The van der Waals surface area contributed by atoms with Crippen molar-refractivity contribution in [2.24, 2.45) is 5.90 Å². The summed E-state index contributed by atoms with van der Waals surface area (Å²) in [4.78, 5) is 15.3. The lowest BCUT2D eigenvalue weighted by Crippen LogP contribution is -2.14. The molecular formula is C8H9IN2O2. The van der Waals surface area contributed by atoms with E-state index in [2.05, 4.69) is 27.4 Å². The monoisotopic (exact) mass is 292 g/mol. The highest BCUT2D eigenvalue weighted by Gasteiger charge is 2.14. The molecule has 0 fully saturated rings. The smallest absolute Gasteiger partial charge is 0.359 e. The molecule has 0 spiro atoms. The number of rotatable bonds is 2. The minimum Gasteiger partial charge on any atom is -0.398 e. The normalized spacial score (nSPS) is 9.69. The molecule has 0 aliphatic rings. The summed E-state index contributed by atoms with van der Waals surface area (Å²) in [6, 6.07) is 5.24. The van der Waals surface area contributed by atoms with Gasteiger partial charge in [0.05, 0.1) is 5.56 Å². The van der Waals surface area contributed by atoms with Gasteiger partial charge >= 0.3 is 5.97 Å². The predicted octanol–water partition coefficient (Wildman–Crippen LogP) is 1.23. The SMILES string of the molecule is NOC(=O)c1c(N)cccc1CI. The zero-order valence-corrected chi connectivity index (χ0v) is 8.95. The van der Waals surface area contributed by atoms with Crippen molar-refractivity contribution < 1.29 is 9.63 Å². The van der Waals surface area contributed by atoms with Crippen molar-refractivity contribution in [1.29, 1.82) is 0 Å². The molecule has 0 amide bonds. The van der Waals surface area contributed by atoms with Crippen LogP contribution in [0.3, 0.4) is 0 Å². The summed E-state index contributed by atoms with van der Waals surface area (Å²) in [5.41, 5.74) is 7.20. The van der Waals surface area contributed by atoms with E-state index in [4.69, 9.17) is 11.6 Å². The van der Waals surface area contributed by atoms with Crippen LogP contribution in [-0.4, -0.2) is 5.97 Å². The van der Waals surface area contributed by atoms with E-state index in [1.807, 2.05) is 6.07 Å². The second-order valence-electron chi connectivity index (χ2n) is 2.42. The summed E-state index contributed by atoms with van der Waals surface area (Å²) in [5, 5.41) is 0. The first-order valence-electron chi connectivity index (χ1n) is 3.55. The average molecular weight is 292 g/mol. The molecule has 5 heteroatoms. The Kier molecular flexibility index (Phi) is 3.49. The van der Waals surface area contributed by atoms with E-state index in [9.17, 15) is 4.79 Å². The molecule has 4 N–H and O–H groups in total. The average Bonchev–Trinajstić information content (AvgIpc) is 2.16. The third-order valence-electron chi connectivity index (χ3n) is 1.64. The van der Waals surface area contributed by atoms with Gasteiger partial charge in [-0.1, -0.05) is 34.7 Å². The highest BCUT2D eigenvalue weighted by Crippen LogP contribution is 2.20. The fraction of sp³-hybridized carbons (Fsp3) is 0.125. The van der Waals surface area contributed by atoms with Gasteiger partial charge in [0.15, 0.2) is 0 Å². The number of hydrogen-bond acceptors (Lipinski definition) is 4. The molecule has 0 heterocycles. The summed E-state index contributed by atoms with van der Waals surface area (Å²) >= 11 is 2.14. The Morgan fingerprint density at radius 1 is 1.54 bits per heavy atom. The number of carbonyl (C=O) groups is 1. The Bertz CT molecular complexity index is 328. The number of nitrogen functional groups attached to an aromatic ring is 1. The number of halogens is 1. The molecular weight excluding hydrogens is 283 g/mol. The van der Waals surface area contributed by atoms with Gasteiger partial charge in [-0.25, -0.2) is 4.79 Å². The Balaban J connectivity index is 3.22. The van der Waals surface area contributed by atoms with Gasteiger partial charge in [-0.2, -0.15) is 5.90 Å². The van der Waals surface area contributed by atoms with Crippen LogP contribution in [0.2, 0.25) is 0 Å². The minimum absolute atomic E-state index is 0.361. The second-order valence-corrected chi connectivity index (χ2v) is 3.18. The van der Waals surface area contributed by atoms with Crippen LogP contribution in [0.15, 0.2) is 18.2 Å². The first-order valence-corrected chi connectivity index (χ1v) is 5.07. The van der Waals surface area contributed by atoms with Crippen molar-refractivity contribution in [1.82, 2.24) is 0 Å². The van der Waals surface area contributed by atoms with Crippen LogP contribution in [0.4, 0.5) is 5.69 Å². The number of carbonyl (C=O) groups excluding carboxylic acids is 1. The topological polar surface area (TPSA) is 78.3 Å². The van der Waals surface area contributed by atoms with Crippen molar-refractivity contribution in [3.8, 4) is 0 Å². The molecule has 13 heavy (non-hydrogen) atoms. The highest BCUT2D eigenvalue weighted by molar-refractivity contribution is 14.1. The Morgan fingerprint density at radius 2 is 2.23 bits per heavy atom. The number of benzene rings is 1. The molecule has 0 saturated carbocycles. The number of hydrogen-bond donors (Lipinski definition) is 2. The number of anilines is 1. The van der Waals surface area contributed by atoms with Crippen LogP contribution in [0.25, 0.3) is 0 Å².